The number of anilines is 1. The van der Waals surface area contributed by atoms with Crippen molar-refractivity contribution in [2.45, 2.75) is 24.9 Å². The van der Waals surface area contributed by atoms with Crippen LogP contribution in [0.5, 0.6) is 0 Å². The zero-order chi connectivity index (χ0) is 16.4. The minimum absolute atomic E-state index is 0.315. The molecule has 0 amide bonds. The summed E-state index contributed by atoms with van der Waals surface area (Å²) in [6.07, 6.45) is 3.25. The lowest BCUT2D eigenvalue weighted by atomic mass is 10.2. The van der Waals surface area contributed by atoms with Crippen LogP contribution in [0.2, 0.25) is 0 Å². The number of nitrogens with one attached hydrogen (secondary N) is 2. The van der Waals surface area contributed by atoms with Crippen molar-refractivity contribution in [3.05, 3.63) is 42.4 Å². The monoisotopic (exact) mass is 331 g/mol. The summed E-state index contributed by atoms with van der Waals surface area (Å²) in [5, 5.41) is 13.7. The summed E-state index contributed by atoms with van der Waals surface area (Å²) < 4.78 is 20.6. The van der Waals surface area contributed by atoms with E-state index in [1.165, 1.54) is 6.33 Å². The van der Waals surface area contributed by atoms with E-state index in [1.807, 2.05) is 11.6 Å². The van der Waals surface area contributed by atoms with Crippen molar-refractivity contribution in [2.75, 3.05) is 5.32 Å². The summed E-state index contributed by atoms with van der Waals surface area (Å²) in [6.45, 7) is 3.28. The highest BCUT2D eigenvalue weighted by Crippen LogP contribution is 2.19. The van der Waals surface area contributed by atoms with E-state index in [0.717, 1.165) is 23.1 Å². The van der Waals surface area contributed by atoms with Crippen LogP contribution in [0.25, 0.3) is 11.0 Å². The van der Waals surface area contributed by atoms with Crippen LogP contribution in [0.4, 0.5) is 5.82 Å². The van der Waals surface area contributed by atoms with E-state index in [9.17, 15) is 4.21 Å². The first kappa shape index (κ1) is 15.4. The Labute approximate surface area is 133 Å². The molecule has 0 spiro atoms. The predicted octanol–water partition coefficient (Wildman–Crippen LogP) is 1.74. The number of nitrogens with zero attached hydrogens (tertiary/aromatic N) is 4. The molecular formula is C14H17N7OS. The first-order chi connectivity index (χ1) is 11.0. The number of aryl methyl sites for hydroxylation is 1. The van der Waals surface area contributed by atoms with Gasteiger partial charge in [-0.1, -0.05) is 12.1 Å². The molecule has 0 aliphatic carbocycles. The van der Waals surface area contributed by atoms with Crippen molar-refractivity contribution >= 4 is 26.8 Å². The second kappa shape index (κ2) is 5.94. The molecular weight excluding hydrogens is 314 g/mol. The Kier molecular flexibility index (Phi) is 3.97. The molecule has 23 heavy (non-hydrogen) atoms. The molecule has 2 heterocycles. The van der Waals surface area contributed by atoms with Gasteiger partial charge in [0, 0.05) is 13.1 Å². The third-order valence-electron chi connectivity index (χ3n) is 3.47. The van der Waals surface area contributed by atoms with Crippen LogP contribution >= 0.6 is 0 Å². The number of nitrogens with two attached hydrogens (primary N) is 1. The Morgan fingerprint density at radius 1 is 1.30 bits per heavy atom. The smallest absolute Gasteiger partial charge is 0.163 e. The summed E-state index contributed by atoms with van der Waals surface area (Å²) in [6, 6.07) is 6.79. The molecule has 1 aromatic carbocycles. The lowest BCUT2D eigenvalue weighted by Gasteiger charge is -2.08. The maximum Gasteiger partial charge on any atom is 0.163 e. The highest BCUT2D eigenvalue weighted by Gasteiger charge is 2.09. The van der Waals surface area contributed by atoms with Crippen molar-refractivity contribution in [3.63, 3.8) is 0 Å². The topological polar surface area (TPSA) is 123 Å². The molecule has 0 radical (unpaired) electrons. The van der Waals surface area contributed by atoms with E-state index in [2.05, 4.69) is 20.4 Å². The van der Waals surface area contributed by atoms with Gasteiger partial charge in [0.15, 0.2) is 5.65 Å². The minimum Gasteiger partial charge on any atom is -0.365 e. The number of hydrogen-bond acceptors (Lipinski definition) is 6. The van der Waals surface area contributed by atoms with Crippen molar-refractivity contribution in [3.8, 4) is 0 Å². The maximum atomic E-state index is 11.5. The Bertz CT molecular complexity index is 931. The van der Waals surface area contributed by atoms with Gasteiger partial charge in [0.1, 0.15) is 22.1 Å². The lowest BCUT2D eigenvalue weighted by molar-refractivity contribution is 0.676. The van der Waals surface area contributed by atoms with Crippen molar-refractivity contribution in [1.82, 2.24) is 19.7 Å². The van der Waals surface area contributed by atoms with Crippen LogP contribution in [0.15, 0.2) is 41.7 Å². The van der Waals surface area contributed by atoms with Crippen LogP contribution in [-0.4, -0.2) is 24.0 Å². The summed E-state index contributed by atoms with van der Waals surface area (Å²) in [5.41, 5.74) is 1.75. The van der Waals surface area contributed by atoms with Gasteiger partial charge in [0.2, 0.25) is 0 Å². The molecule has 0 bridgehead atoms. The molecule has 0 aliphatic heterocycles. The summed E-state index contributed by atoms with van der Waals surface area (Å²) in [7, 11) is -3.17. The van der Waals surface area contributed by atoms with Gasteiger partial charge in [-0.25, -0.2) is 28.8 Å². The van der Waals surface area contributed by atoms with E-state index in [-0.39, 0.29) is 0 Å². The van der Waals surface area contributed by atoms with Gasteiger partial charge in [-0.3, -0.25) is 0 Å². The molecule has 1 atom stereocenters. The molecule has 8 nitrogen and oxygen atoms in total. The van der Waals surface area contributed by atoms with E-state index >= 15 is 0 Å². The minimum atomic E-state index is -3.17. The Balaban J connectivity index is 1.80. The molecule has 120 valence electrons. The molecule has 0 aliphatic rings. The average molecular weight is 331 g/mol. The molecule has 3 aromatic rings. The number of rotatable bonds is 5. The Morgan fingerprint density at radius 3 is 2.70 bits per heavy atom. The molecule has 0 fully saturated rings. The maximum absolute atomic E-state index is 11.5. The molecule has 0 saturated carbocycles. The zero-order valence-electron chi connectivity index (χ0n) is 12.6. The Hall–Kier alpha value is -2.52. The zero-order valence-corrected chi connectivity index (χ0v) is 13.4. The third-order valence-corrected chi connectivity index (χ3v) is 4.44. The van der Waals surface area contributed by atoms with Crippen molar-refractivity contribution in [1.29, 1.82) is 4.78 Å². The lowest BCUT2D eigenvalue weighted by Crippen LogP contribution is -2.10. The first-order valence-corrected chi connectivity index (χ1v) is 8.67. The standard InChI is InChI=1S/C14H17N7OS/c1-2-21-14-12(8-20-21)13(18-9-19-14)17-7-10-3-5-11(6-4-10)23(15,16)22/h3-6,8-9H,2,7H2,1H3,(H3,15,16,22)(H,17,18,19). The van der Waals surface area contributed by atoms with E-state index in [1.54, 1.807) is 30.5 Å². The van der Waals surface area contributed by atoms with Crippen LogP contribution in [0, 0.1) is 4.78 Å². The van der Waals surface area contributed by atoms with E-state index in [4.69, 9.17) is 9.92 Å². The SMILES string of the molecule is CCn1ncc2c(NCc3ccc(S(=N)(N)=O)cc3)ncnc21. The van der Waals surface area contributed by atoms with E-state index in [0.29, 0.717) is 17.3 Å². The fourth-order valence-corrected chi connectivity index (χ4v) is 2.80. The molecule has 4 N–H and O–H groups in total. The van der Waals surface area contributed by atoms with E-state index < -0.39 is 9.92 Å². The summed E-state index contributed by atoms with van der Waals surface area (Å²) in [5.74, 6) is 0.710. The number of hydrogen-bond donors (Lipinski definition) is 3. The molecule has 0 saturated heterocycles. The average Bonchev–Trinajstić information content (AvgIpc) is 2.96. The van der Waals surface area contributed by atoms with Gasteiger partial charge >= 0.3 is 0 Å². The molecule has 3 rings (SSSR count). The second-order valence-electron chi connectivity index (χ2n) is 5.02. The number of fused-ring (bicyclic) bond motifs is 1. The number of aromatic nitrogens is 4. The highest BCUT2D eigenvalue weighted by atomic mass is 32.2. The van der Waals surface area contributed by atoms with Crippen LogP contribution in [-0.2, 0) is 23.0 Å². The van der Waals surface area contributed by atoms with Gasteiger partial charge in [0.25, 0.3) is 0 Å². The number of benzene rings is 1. The second-order valence-corrected chi connectivity index (χ2v) is 6.69. The van der Waals surface area contributed by atoms with Crippen LogP contribution in [0.3, 0.4) is 0 Å². The first-order valence-electron chi connectivity index (χ1n) is 7.05. The Morgan fingerprint density at radius 2 is 2.04 bits per heavy atom. The van der Waals surface area contributed by atoms with Crippen molar-refractivity contribution in [2.24, 2.45) is 5.14 Å². The fourth-order valence-electron chi connectivity index (χ4n) is 2.26. The van der Waals surface area contributed by atoms with Gasteiger partial charge in [-0.15, -0.1) is 0 Å². The molecule has 1 unspecified atom stereocenters. The van der Waals surface area contributed by atoms with Gasteiger partial charge < -0.3 is 5.32 Å². The van der Waals surface area contributed by atoms with Gasteiger partial charge in [-0.2, -0.15) is 5.10 Å². The highest BCUT2D eigenvalue weighted by molar-refractivity contribution is 7.90. The van der Waals surface area contributed by atoms with Gasteiger partial charge in [0.05, 0.1) is 16.5 Å². The van der Waals surface area contributed by atoms with Gasteiger partial charge in [-0.05, 0) is 24.6 Å². The molecule has 9 heteroatoms. The van der Waals surface area contributed by atoms with Crippen molar-refractivity contribution < 1.29 is 4.21 Å². The third kappa shape index (κ3) is 3.15. The largest absolute Gasteiger partial charge is 0.365 e. The van der Waals surface area contributed by atoms with Crippen LogP contribution < -0.4 is 10.5 Å². The molecule has 2 aromatic heterocycles. The normalized spacial score (nSPS) is 13.8. The summed E-state index contributed by atoms with van der Waals surface area (Å²) in [4.78, 5) is 8.82. The predicted molar refractivity (Wildman–Crippen MR) is 88.1 cm³/mol. The quantitative estimate of drug-likeness (QED) is 0.657. The summed E-state index contributed by atoms with van der Waals surface area (Å²) >= 11 is 0. The van der Waals surface area contributed by atoms with Crippen LogP contribution in [0.1, 0.15) is 12.5 Å². The fraction of sp³-hybridized carbons (Fsp3) is 0.214.